The molecule has 118 valence electrons. The van der Waals surface area contributed by atoms with Gasteiger partial charge in [0.2, 0.25) is 0 Å². The number of hydrogen-bond donors (Lipinski definition) is 2. The highest BCUT2D eigenvalue weighted by atomic mass is 16.3. The number of hydrogen-bond acceptors (Lipinski definition) is 2. The first-order chi connectivity index (χ1) is 11.2. The Morgan fingerprint density at radius 1 is 1.00 bits per heavy atom. The van der Waals surface area contributed by atoms with Crippen LogP contribution in [0.5, 0.6) is 5.75 Å². The fourth-order valence-corrected chi connectivity index (χ4v) is 2.86. The average molecular weight is 306 g/mol. The number of aryl methyl sites for hydroxylation is 1. The first-order valence-electron chi connectivity index (χ1n) is 7.90. The number of fused-ring (bicyclic) bond motifs is 2. The molecule has 0 unspecified atom stereocenters. The number of aromatic nitrogens is 2. The lowest BCUT2D eigenvalue weighted by molar-refractivity contribution is 0.476. The third-order valence-electron chi connectivity index (χ3n) is 3.82. The summed E-state index contributed by atoms with van der Waals surface area (Å²) in [5, 5.41) is 11.7. The smallest absolute Gasteiger partial charge is 0.116 e. The van der Waals surface area contributed by atoms with E-state index in [0.29, 0.717) is 0 Å². The predicted molar refractivity (Wildman–Crippen MR) is 98.9 cm³/mol. The number of phenols is 1. The Labute approximate surface area is 137 Å². The monoisotopic (exact) mass is 306 g/mol. The summed E-state index contributed by atoms with van der Waals surface area (Å²) >= 11 is 0. The zero-order valence-corrected chi connectivity index (χ0v) is 13.6. The normalized spacial score (nSPS) is 10.6. The molecule has 4 aromatic rings. The molecule has 2 heterocycles. The molecule has 0 fully saturated rings. The van der Waals surface area contributed by atoms with Crippen molar-refractivity contribution in [1.82, 2.24) is 9.97 Å². The van der Waals surface area contributed by atoms with Crippen molar-refractivity contribution in [3.8, 4) is 17.0 Å². The molecule has 2 aromatic carbocycles. The number of nitrogens with zero attached hydrogens (tertiary/aromatic N) is 1. The van der Waals surface area contributed by atoms with Gasteiger partial charge in [-0.3, -0.25) is 0 Å². The van der Waals surface area contributed by atoms with E-state index in [1.54, 1.807) is 12.1 Å². The van der Waals surface area contributed by atoms with Gasteiger partial charge in [0.15, 0.2) is 0 Å². The lowest BCUT2D eigenvalue weighted by Gasteiger charge is -2.04. The highest BCUT2D eigenvalue weighted by Gasteiger charge is 2.11. The molecule has 4 rings (SSSR count). The summed E-state index contributed by atoms with van der Waals surface area (Å²) < 4.78 is 0. The Hall–Kier alpha value is -2.81. The minimum atomic E-state index is 0. The minimum absolute atomic E-state index is 0. The van der Waals surface area contributed by atoms with E-state index in [4.69, 9.17) is 4.98 Å². The largest absolute Gasteiger partial charge is 0.508 e. The van der Waals surface area contributed by atoms with Crippen LogP contribution in [0.15, 0.2) is 54.6 Å². The van der Waals surface area contributed by atoms with Crippen LogP contribution >= 0.6 is 0 Å². The topological polar surface area (TPSA) is 48.9 Å². The lowest BCUT2D eigenvalue weighted by atomic mass is 10.1. The van der Waals surface area contributed by atoms with E-state index in [1.807, 2.05) is 44.2 Å². The molecule has 0 aliphatic rings. The van der Waals surface area contributed by atoms with Crippen LogP contribution in [0.1, 0.15) is 21.0 Å². The van der Waals surface area contributed by atoms with Crippen LogP contribution in [-0.2, 0) is 0 Å². The van der Waals surface area contributed by atoms with Crippen LogP contribution < -0.4 is 0 Å². The van der Waals surface area contributed by atoms with Crippen LogP contribution in [0.25, 0.3) is 33.1 Å². The number of H-pyrrole nitrogens is 1. The molecule has 0 bridgehead atoms. The number of aromatic hydroxyl groups is 1. The van der Waals surface area contributed by atoms with Crippen molar-refractivity contribution in [2.24, 2.45) is 0 Å². The van der Waals surface area contributed by atoms with Crippen molar-refractivity contribution in [3.63, 3.8) is 0 Å². The maximum atomic E-state index is 9.54. The second-order valence-corrected chi connectivity index (χ2v) is 5.24. The van der Waals surface area contributed by atoms with Crippen LogP contribution in [0.3, 0.4) is 0 Å². The fourth-order valence-electron chi connectivity index (χ4n) is 2.86. The summed E-state index contributed by atoms with van der Waals surface area (Å²) in [4.78, 5) is 8.14. The highest BCUT2D eigenvalue weighted by Crippen LogP contribution is 2.32. The molecule has 2 N–H and O–H groups in total. The molecule has 2 aromatic heterocycles. The van der Waals surface area contributed by atoms with Crippen molar-refractivity contribution in [2.45, 2.75) is 20.8 Å². The van der Waals surface area contributed by atoms with Gasteiger partial charge in [0.25, 0.3) is 0 Å². The minimum Gasteiger partial charge on any atom is -0.508 e. The fraction of sp³-hybridized carbons (Fsp3) is 0.150. The van der Waals surface area contributed by atoms with E-state index in [-0.39, 0.29) is 7.18 Å². The maximum Gasteiger partial charge on any atom is 0.116 e. The van der Waals surface area contributed by atoms with Gasteiger partial charge in [-0.25, -0.2) is 4.98 Å². The second-order valence-electron chi connectivity index (χ2n) is 5.24. The number of para-hydroxylation sites is 1. The van der Waals surface area contributed by atoms with Gasteiger partial charge in [-0.1, -0.05) is 38.1 Å². The number of nitrogens with one attached hydrogen (secondary N) is 1. The number of aromatic amines is 1. The average Bonchev–Trinajstić information content (AvgIpc) is 2.92. The third-order valence-corrected chi connectivity index (χ3v) is 3.82. The Morgan fingerprint density at radius 3 is 2.61 bits per heavy atom. The van der Waals surface area contributed by atoms with Gasteiger partial charge in [-0.2, -0.15) is 0 Å². The van der Waals surface area contributed by atoms with Crippen LogP contribution in [0, 0.1) is 6.92 Å². The quantitative estimate of drug-likeness (QED) is 0.476. The van der Waals surface area contributed by atoms with Gasteiger partial charge >= 0.3 is 0 Å². The molecule has 0 saturated heterocycles. The van der Waals surface area contributed by atoms with E-state index in [9.17, 15) is 5.11 Å². The van der Waals surface area contributed by atoms with Gasteiger partial charge in [-0.15, -0.1) is 0 Å². The molecule has 0 spiro atoms. The lowest BCUT2D eigenvalue weighted by Crippen LogP contribution is -1.86. The van der Waals surface area contributed by atoms with Crippen LogP contribution in [0.4, 0.5) is 0 Å². The standard InChI is InChI=1S/C18H14N2O.C2H6.H2/c1-11-18(14-4-2-3-5-16(14)19-11)17-8-6-12-10-13(21)7-9-15(12)20-17;1-2;/h2-10,19,21H,1H3;1-2H3;1H. The van der Waals surface area contributed by atoms with E-state index >= 15 is 0 Å². The third kappa shape index (κ3) is 2.66. The first-order valence-corrected chi connectivity index (χ1v) is 7.90. The summed E-state index contributed by atoms with van der Waals surface area (Å²) in [5.41, 5.74) is 5.21. The molecule has 0 atom stereocenters. The van der Waals surface area contributed by atoms with E-state index in [2.05, 4.69) is 24.0 Å². The van der Waals surface area contributed by atoms with Gasteiger partial charge < -0.3 is 10.1 Å². The SMILES string of the molecule is CC.Cc1[nH]c2ccccc2c1-c1ccc2cc(O)ccc2n1.[HH]. The Bertz CT molecular complexity index is 976. The zero-order valence-electron chi connectivity index (χ0n) is 13.6. The van der Waals surface area contributed by atoms with E-state index < -0.39 is 0 Å². The van der Waals surface area contributed by atoms with Crippen LogP contribution in [0.2, 0.25) is 0 Å². The first kappa shape index (κ1) is 15.1. The molecular weight excluding hydrogens is 284 g/mol. The number of rotatable bonds is 1. The maximum absolute atomic E-state index is 9.54. The van der Waals surface area contributed by atoms with E-state index in [0.717, 1.165) is 33.4 Å². The van der Waals surface area contributed by atoms with Crippen molar-refractivity contribution in [3.05, 3.63) is 60.3 Å². The summed E-state index contributed by atoms with van der Waals surface area (Å²) in [7, 11) is 0. The van der Waals surface area contributed by atoms with Crippen molar-refractivity contribution in [2.75, 3.05) is 0 Å². The van der Waals surface area contributed by atoms with Crippen molar-refractivity contribution in [1.29, 1.82) is 0 Å². The van der Waals surface area contributed by atoms with E-state index in [1.165, 1.54) is 5.39 Å². The van der Waals surface area contributed by atoms with Crippen LogP contribution in [-0.4, -0.2) is 15.1 Å². The summed E-state index contributed by atoms with van der Waals surface area (Å²) in [6.45, 7) is 6.07. The summed E-state index contributed by atoms with van der Waals surface area (Å²) in [6.07, 6.45) is 0. The summed E-state index contributed by atoms with van der Waals surface area (Å²) in [5.74, 6) is 0.264. The van der Waals surface area contributed by atoms with Crippen molar-refractivity contribution < 1.29 is 6.53 Å². The molecular formula is C20H22N2O. The molecule has 0 amide bonds. The highest BCUT2D eigenvalue weighted by molar-refractivity contribution is 5.97. The molecule has 0 radical (unpaired) electrons. The molecule has 23 heavy (non-hydrogen) atoms. The van der Waals surface area contributed by atoms with Crippen molar-refractivity contribution >= 4 is 21.8 Å². The number of pyridine rings is 1. The molecule has 3 heteroatoms. The van der Waals surface area contributed by atoms with Gasteiger partial charge in [-0.05, 0) is 37.3 Å². The second kappa shape index (κ2) is 6.13. The molecule has 0 aliphatic carbocycles. The Balaban J connectivity index is 0.000000670. The molecule has 0 aliphatic heterocycles. The number of phenolic OH excluding ortho intramolecular Hbond substituents is 1. The zero-order chi connectivity index (χ0) is 16.4. The van der Waals surface area contributed by atoms with Gasteiger partial charge in [0.1, 0.15) is 5.75 Å². The number of benzene rings is 2. The predicted octanol–water partition coefficient (Wildman–Crippen LogP) is 5.67. The Morgan fingerprint density at radius 2 is 1.78 bits per heavy atom. The molecule has 3 nitrogen and oxygen atoms in total. The molecule has 0 saturated carbocycles. The Kier molecular flexibility index (Phi) is 4.02. The van der Waals surface area contributed by atoms with Gasteiger partial charge in [0.05, 0.1) is 11.2 Å². The van der Waals surface area contributed by atoms with Gasteiger partial charge in [0, 0.05) is 29.0 Å². The summed E-state index contributed by atoms with van der Waals surface area (Å²) in [6, 6.07) is 17.5.